The third kappa shape index (κ3) is 4.67. The standard InChI is InChI=1S/C26H20N4O3S/c31-25(27-16-18-7-4-8-19(15-18)28-26(32)22-11-5-13-33-22)21-17-30(20-9-2-1-3-10-20)29-24(21)23-12-6-14-34-23/h1-15,17H,16H2,(H,27,31)(H,28,32). The number of furan rings is 1. The second kappa shape index (κ2) is 9.60. The zero-order chi connectivity index (χ0) is 23.3. The summed E-state index contributed by atoms with van der Waals surface area (Å²) >= 11 is 1.53. The number of benzene rings is 2. The van der Waals surface area contributed by atoms with Crippen LogP contribution in [0.3, 0.4) is 0 Å². The van der Waals surface area contributed by atoms with Gasteiger partial charge in [-0.2, -0.15) is 5.10 Å². The van der Waals surface area contributed by atoms with E-state index in [1.807, 2.05) is 66.0 Å². The fraction of sp³-hybridized carbons (Fsp3) is 0.0385. The number of para-hydroxylation sites is 1. The van der Waals surface area contributed by atoms with Crippen molar-refractivity contribution in [2.75, 3.05) is 5.32 Å². The van der Waals surface area contributed by atoms with Gasteiger partial charge in [0, 0.05) is 18.4 Å². The predicted molar refractivity (Wildman–Crippen MR) is 131 cm³/mol. The minimum Gasteiger partial charge on any atom is -0.459 e. The van der Waals surface area contributed by atoms with Crippen molar-refractivity contribution >= 4 is 28.8 Å². The maximum absolute atomic E-state index is 13.2. The fourth-order valence-electron chi connectivity index (χ4n) is 3.49. The first-order valence-corrected chi connectivity index (χ1v) is 11.5. The molecule has 0 aliphatic carbocycles. The van der Waals surface area contributed by atoms with Crippen molar-refractivity contribution in [1.82, 2.24) is 15.1 Å². The second-order valence-corrected chi connectivity index (χ2v) is 8.41. The Morgan fingerprint density at radius 1 is 0.941 bits per heavy atom. The zero-order valence-corrected chi connectivity index (χ0v) is 18.8. The molecule has 2 aromatic carbocycles. The molecular weight excluding hydrogens is 448 g/mol. The minimum absolute atomic E-state index is 0.226. The smallest absolute Gasteiger partial charge is 0.291 e. The van der Waals surface area contributed by atoms with Gasteiger partial charge in [-0.05, 0) is 53.4 Å². The van der Waals surface area contributed by atoms with Crippen molar-refractivity contribution in [3.63, 3.8) is 0 Å². The maximum Gasteiger partial charge on any atom is 0.291 e. The highest BCUT2D eigenvalue weighted by atomic mass is 32.1. The van der Waals surface area contributed by atoms with Crippen molar-refractivity contribution in [2.45, 2.75) is 6.54 Å². The van der Waals surface area contributed by atoms with Gasteiger partial charge in [-0.25, -0.2) is 4.68 Å². The van der Waals surface area contributed by atoms with Crippen LogP contribution in [0.25, 0.3) is 16.3 Å². The second-order valence-electron chi connectivity index (χ2n) is 7.46. The van der Waals surface area contributed by atoms with Crippen LogP contribution in [0.15, 0.2) is 101 Å². The van der Waals surface area contributed by atoms with Gasteiger partial charge in [0.25, 0.3) is 11.8 Å². The quantitative estimate of drug-likeness (QED) is 0.336. The number of anilines is 1. The Morgan fingerprint density at radius 3 is 2.59 bits per heavy atom. The molecular formula is C26H20N4O3S. The molecule has 5 aromatic rings. The molecule has 3 heterocycles. The highest BCUT2D eigenvalue weighted by Crippen LogP contribution is 2.28. The topological polar surface area (TPSA) is 89.2 Å². The Morgan fingerprint density at radius 2 is 1.82 bits per heavy atom. The van der Waals surface area contributed by atoms with E-state index in [0.29, 0.717) is 23.5 Å². The first-order chi connectivity index (χ1) is 16.7. The molecule has 0 saturated heterocycles. The van der Waals surface area contributed by atoms with E-state index in [1.54, 1.807) is 29.1 Å². The molecule has 168 valence electrons. The lowest BCUT2D eigenvalue weighted by Crippen LogP contribution is -2.23. The van der Waals surface area contributed by atoms with Crippen LogP contribution in [-0.2, 0) is 6.54 Å². The molecule has 2 N–H and O–H groups in total. The molecule has 3 aromatic heterocycles. The van der Waals surface area contributed by atoms with E-state index in [0.717, 1.165) is 16.1 Å². The maximum atomic E-state index is 13.2. The van der Waals surface area contributed by atoms with E-state index in [2.05, 4.69) is 15.7 Å². The first-order valence-electron chi connectivity index (χ1n) is 10.6. The van der Waals surface area contributed by atoms with Gasteiger partial charge in [0.2, 0.25) is 0 Å². The minimum atomic E-state index is -0.333. The van der Waals surface area contributed by atoms with E-state index >= 15 is 0 Å². The number of carbonyl (C=O) groups excluding carboxylic acids is 2. The van der Waals surface area contributed by atoms with E-state index in [-0.39, 0.29) is 17.6 Å². The van der Waals surface area contributed by atoms with E-state index in [1.165, 1.54) is 17.6 Å². The molecule has 0 radical (unpaired) electrons. The molecule has 2 amide bonds. The molecule has 0 bridgehead atoms. The normalized spacial score (nSPS) is 10.7. The molecule has 5 rings (SSSR count). The SMILES string of the molecule is O=C(Nc1cccc(CNC(=O)c2cn(-c3ccccc3)nc2-c2cccs2)c1)c1ccco1. The van der Waals surface area contributed by atoms with Crippen LogP contribution < -0.4 is 10.6 Å². The van der Waals surface area contributed by atoms with Gasteiger partial charge in [-0.3, -0.25) is 9.59 Å². The van der Waals surface area contributed by atoms with E-state index in [9.17, 15) is 9.59 Å². The number of rotatable bonds is 7. The lowest BCUT2D eigenvalue weighted by molar-refractivity contribution is 0.0950. The molecule has 0 fully saturated rings. The predicted octanol–water partition coefficient (Wildman–Crippen LogP) is 5.38. The first kappa shape index (κ1) is 21.4. The van der Waals surface area contributed by atoms with Crippen molar-refractivity contribution in [3.8, 4) is 16.3 Å². The zero-order valence-electron chi connectivity index (χ0n) is 18.0. The average molecular weight is 469 g/mol. The highest BCUT2D eigenvalue weighted by molar-refractivity contribution is 7.13. The summed E-state index contributed by atoms with van der Waals surface area (Å²) < 4.78 is 6.84. The Labute approximate surface area is 199 Å². The van der Waals surface area contributed by atoms with Crippen LogP contribution in [0, 0.1) is 0 Å². The van der Waals surface area contributed by atoms with Crippen LogP contribution in [0.1, 0.15) is 26.5 Å². The van der Waals surface area contributed by atoms with Gasteiger partial charge in [-0.1, -0.05) is 36.4 Å². The average Bonchev–Trinajstić information content (AvgIpc) is 3.64. The molecule has 0 spiro atoms. The van der Waals surface area contributed by atoms with Gasteiger partial charge in [0.15, 0.2) is 5.76 Å². The Bertz CT molecular complexity index is 1410. The van der Waals surface area contributed by atoms with Crippen LogP contribution in [-0.4, -0.2) is 21.6 Å². The summed E-state index contributed by atoms with van der Waals surface area (Å²) in [6.07, 6.45) is 3.20. The molecule has 7 nitrogen and oxygen atoms in total. The van der Waals surface area contributed by atoms with Crippen molar-refractivity contribution in [2.24, 2.45) is 0 Å². The number of thiophene rings is 1. The fourth-order valence-corrected chi connectivity index (χ4v) is 4.21. The number of nitrogens with one attached hydrogen (secondary N) is 2. The summed E-state index contributed by atoms with van der Waals surface area (Å²) in [5, 5.41) is 12.4. The Kier molecular flexibility index (Phi) is 6.05. The summed E-state index contributed by atoms with van der Waals surface area (Å²) in [7, 11) is 0. The van der Waals surface area contributed by atoms with E-state index < -0.39 is 0 Å². The molecule has 0 saturated carbocycles. The summed E-state index contributed by atoms with van der Waals surface area (Å²) in [4.78, 5) is 26.3. The summed E-state index contributed by atoms with van der Waals surface area (Å²) in [5.74, 6) is -0.328. The van der Waals surface area contributed by atoms with Gasteiger partial charge in [0.05, 0.1) is 22.4 Å². The Balaban J connectivity index is 1.33. The number of carbonyl (C=O) groups is 2. The van der Waals surface area contributed by atoms with Gasteiger partial charge >= 0.3 is 0 Å². The molecule has 0 aliphatic heterocycles. The third-order valence-electron chi connectivity index (χ3n) is 5.12. The largest absolute Gasteiger partial charge is 0.459 e. The number of nitrogens with zero attached hydrogens (tertiary/aromatic N) is 2. The summed E-state index contributed by atoms with van der Waals surface area (Å²) in [5.41, 5.74) is 3.46. The third-order valence-corrected chi connectivity index (χ3v) is 5.99. The molecule has 8 heteroatoms. The summed E-state index contributed by atoms with van der Waals surface area (Å²) in [6.45, 7) is 0.295. The van der Waals surface area contributed by atoms with Crippen molar-refractivity contribution < 1.29 is 14.0 Å². The lowest BCUT2D eigenvalue weighted by Gasteiger charge is -2.08. The number of amides is 2. The molecule has 0 aliphatic rings. The number of hydrogen-bond donors (Lipinski definition) is 2. The summed E-state index contributed by atoms with van der Waals surface area (Å²) in [6, 6.07) is 24.1. The number of aromatic nitrogens is 2. The van der Waals surface area contributed by atoms with Crippen LogP contribution in [0.5, 0.6) is 0 Å². The number of hydrogen-bond acceptors (Lipinski definition) is 5. The van der Waals surface area contributed by atoms with Crippen LogP contribution in [0.4, 0.5) is 5.69 Å². The van der Waals surface area contributed by atoms with Gasteiger partial charge < -0.3 is 15.1 Å². The highest BCUT2D eigenvalue weighted by Gasteiger charge is 2.19. The monoisotopic (exact) mass is 468 g/mol. The van der Waals surface area contributed by atoms with Crippen molar-refractivity contribution in [3.05, 3.63) is 114 Å². The van der Waals surface area contributed by atoms with Crippen molar-refractivity contribution in [1.29, 1.82) is 0 Å². The van der Waals surface area contributed by atoms with Gasteiger partial charge in [0.1, 0.15) is 5.69 Å². The molecule has 0 unspecified atom stereocenters. The van der Waals surface area contributed by atoms with Crippen LogP contribution in [0.2, 0.25) is 0 Å². The Hall–Kier alpha value is -4.43. The molecule has 34 heavy (non-hydrogen) atoms. The van der Waals surface area contributed by atoms with Crippen LogP contribution >= 0.6 is 11.3 Å². The molecule has 0 atom stereocenters. The van der Waals surface area contributed by atoms with E-state index in [4.69, 9.17) is 4.42 Å². The lowest BCUT2D eigenvalue weighted by atomic mass is 10.1. The van der Waals surface area contributed by atoms with Gasteiger partial charge in [-0.15, -0.1) is 11.3 Å².